The Bertz CT molecular complexity index is 1260. The van der Waals surface area contributed by atoms with Crippen LogP contribution in [0.4, 0.5) is 5.69 Å². The summed E-state index contributed by atoms with van der Waals surface area (Å²) in [4.78, 5) is 12.7. The van der Waals surface area contributed by atoms with Crippen molar-refractivity contribution in [2.75, 3.05) is 11.9 Å². The van der Waals surface area contributed by atoms with Crippen LogP contribution >= 0.6 is 15.9 Å². The molecule has 0 heterocycles. The Morgan fingerprint density at radius 1 is 1.11 bits per heavy atom. The zero-order valence-corrected chi connectivity index (χ0v) is 21.4. The topological polar surface area (TPSA) is 71.4 Å². The SMILES string of the molecule is C=CCc1cc(/C=C(/C#N)C(=O)Nc2ccc(C)cc2)cc(OCC)c1OCc1ccc(Br)cc1. The first kappa shape index (κ1) is 25.8. The van der Waals surface area contributed by atoms with Crippen molar-refractivity contribution in [2.24, 2.45) is 0 Å². The molecule has 0 aromatic heterocycles. The summed E-state index contributed by atoms with van der Waals surface area (Å²) in [6.45, 7) is 8.52. The van der Waals surface area contributed by atoms with Gasteiger partial charge in [0.1, 0.15) is 18.2 Å². The van der Waals surface area contributed by atoms with E-state index in [1.165, 1.54) is 0 Å². The predicted octanol–water partition coefficient (Wildman–Crippen LogP) is 7.01. The average molecular weight is 531 g/mol. The van der Waals surface area contributed by atoms with Crippen molar-refractivity contribution in [3.63, 3.8) is 0 Å². The van der Waals surface area contributed by atoms with Gasteiger partial charge in [-0.15, -0.1) is 6.58 Å². The van der Waals surface area contributed by atoms with Crippen molar-refractivity contribution in [1.82, 2.24) is 0 Å². The molecule has 0 bridgehead atoms. The smallest absolute Gasteiger partial charge is 0.266 e. The van der Waals surface area contributed by atoms with Gasteiger partial charge in [0.25, 0.3) is 5.91 Å². The number of carbonyl (C=O) groups excluding carboxylic acids is 1. The van der Waals surface area contributed by atoms with Gasteiger partial charge in [-0.2, -0.15) is 5.26 Å². The monoisotopic (exact) mass is 530 g/mol. The van der Waals surface area contributed by atoms with Crippen LogP contribution in [0.2, 0.25) is 0 Å². The highest BCUT2D eigenvalue weighted by Crippen LogP contribution is 2.35. The van der Waals surface area contributed by atoms with E-state index in [1.807, 2.05) is 62.4 Å². The maximum atomic E-state index is 12.7. The first-order chi connectivity index (χ1) is 16.9. The van der Waals surface area contributed by atoms with E-state index >= 15 is 0 Å². The van der Waals surface area contributed by atoms with Crippen molar-refractivity contribution in [2.45, 2.75) is 26.9 Å². The molecule has 178 valence electrons. The van der Waals surface area contributed by atoms with Crippen LogP contribution in [0, 0.1) is 18.3 Å². The molecule has 3 rings (SSSR count). The molecule has 0 aliphatic heterocycles. The lowest BCUT2D eigenvalue weighted by Gasteiger charge is -2.17. The number of nitrogens with one attached hydrogen (secondary N) is 1. The molecule has 0 unspecified atom stereocenters. The van der Waals surface area contributed by atoms with Gasteiger partial charge >= 0.3 is 0 Å². The zero-order chi connectivity index (χ0) is 25.2. The molecular formula is C29H27BrN2O3. The van der Waals surface area contributed by atoms with Crippen LogP contribution in [0.25, 0.3) is 6.08 Å². The number of carbonyl (C=O) groups is 1. The quantitative estimate of drug-likeness (QED) is 0.174. The Balaban J connectivity index is 1.91. The summed E-state index contributed by atoms with van der Waals surface area (Å²) in [5.41, 5.74) is 4.23. The Kier molecular flexibility index (Phi) is 9.28. The minimum atomic E-state index is -0.477. The van der Waals surface area contributed by atoms with Gasteiger partial charge in [-0.25, -0.2) is 0 Å². The standard InChI is InChI=1S/C29H27BrN2O3/c1-4-6-23-15-22(16-24(18-31)29(33)32-26-13-7-20(3)8-14-26)17-27(34-5-2)28(23)35-19-21-9-11-25(30)12-10-21/h4,7-17H,1,5-6,19H2,2-3H3,(H,32,33)/b24-16-. The molecule has 3 aromatic rings. The van der Waals surface area contributed by atoms with E-state index in [2.05, 4.69) is 27.8 Å². The second-order valence-electron chi connectivity index (χ2n) is 7.84. The molecule has 0 aliphatic rings. The summed E-state index contributed by atoms with van der Waals surface area (Å²) < 4.78 is 13.0. The number of ether oxygens (including phenoxy) is 2. The molecule has 6 heteroatoms. The highest BCUT2D eigenvalue weighted by atomic mass is 79.9. The first-order valence-electron chi connectivity index (χ1n) is 11.2. The molecule has 0 aliphatic carbocycles. The summed E-state index contributed by atoms with van der Waals surface area (Å²) >= 11 is 3.44. The normalized spacial score (nSPS) is 10.9. The zero-order valence-electron chi connectivity index (χ0n) is 19.8. The van der Waals surface area contributed by atoms with E-state index in [4.69, 9.17) is 9.47 Å². The van der Waals surface area contributed by atoms with E-state index < -0.39 is 5.91 Å². The van der Waals surface area contributed by atoms with Crippen LogP contribution in [0.5, 0.6) is 11.5 Å². The van der Waals surface area contributed by atoms with Gasteiger partial charge in [0.05, 0.1) is 6.61 Å². The molecule has 35 heavy (non-hydrogen) atoms. The van der Waals surface area contributed by atoms with E-state index in [0.29, 0.717) is 42.4 Å². The molecule has 0 atom stereocenters. The molecule has 0 saturated heterocycles. The van der Waals surface area contributed by atoms with Crippen molar-refractivity contribution < 1.29 is 14.3 Å². The number of amides is 1. The molecule has 5 nitrogen and oxygen atoms in total. The maximum absolute atomic E-state index is 12.7. The molecule has 1 N–H and O–H groups in total. The van der Waals surface area contributed by atoms with Crippen molar-refractivity contribution in [3.8, 4) is 17.6 Å². The Labute approximate surface area is 214 Å². The molecule has 0 fully saturated rings. The van der Waals surface area contributed by atoms with E-state index in [0.717, 1.165) is 21.2 Å². The molecular weight excluding hydrogens is 504 g/mol. The van der Waals surface area contributed by atoms with E-state index in [1.54, 1.807) is 30.4 Å². The van der Waals surface area contributed by atoms with Gasteiger partial charge in [0.2, 0.25) is 0 Å². The summed E-state index contributed by atoms with van der Waals surface area (Å²) in [6.07, 6.45) is 3.87. The second-order valence-corrected chi connectivity index (χ2v) is 8.75. The Morgan fingerprint density at radius 2 is 1.83 bits per heavy atom. The number of aryl methyl sites for hydroxylation is 1. The van der Waals surface area contributed by atoms with Gasteiger partial charge in [-0.3, -0.25) is 4.79 Å². The summed E-state index contributed by atoms with van der Waals surface area (Å²) in [5.74, 6) is 0.691. The van der Waals surface area contributed by atoms with E-state index in [-0.39, 0.29) is 5.57 Å². The van der Waals surface area contributed by atoms with Crippen molar-refractivity contribution in [1.29, 1.82) is 5.26 Å². The molecule has 0 radical (unpaired) electrons. The van der Waals surface area contributed by atoms with Gasteiger partial charge < -0.3 is 14.8 Å². The van der Waals surface area contributed by atoms with Gasteiger partial charge in [-0.05, 0) is 73.9 Å². The molecule has 1 amide bonds. The molecule has 0 spiro atoms. The minimum absolute atomic E-state index is 0.0129. The third-order valence-electron chi connectivity index (χ3n) is 5.10. The van der Waals surface area contributed by atoms with Gasteiger partial charge in [0, 0.05) is 15.7 Å². The second kappa shape index (κ2) is 12.6. The van der Waals surface area contributed by atoms with E-state index in [9.17, 15) is 10.1 Å². The first-order valence-corrected chi connectivity index (χ1v) is 12.0. The van der Waals surface area contributed by atoms with Crippen LogP contribution in [0.3, 0.4) is 0 Å². The van der Waals surface area contributed by atoms with Gasteiger partial charge in [0.15, 0.2) is 11.5 Å². The van der Waals surface area contributed by atoms with Crippen LogP contribution < -0.4 is 14.8 Å². The fourth-order valence-electron chi connectivity index (χ4n) is 3.39. The highest BCUT2D eigenvalue weighted by molar-refractivity contribution is 9.10. The molecule has 3 aromatic carbocycles. The number of rotatable bonds is 10. The fourth-order valence-corrected chi connectivity index (χ4v) is 3.65. The lowest BCUT2D eigenvalue weighted by Crippen LogP contribution is -2.13. The number of nitrogens with zero attached hydrogens (tertiary/aromatic N) is 1. The number of benzene rings is 3. The number of nitriles is 1. The Hall–Kier alpha value is -3.82. The fraction of sp³-hybridized carbons (Fsp3) is 0.172. The number of hydrogen-bond acceptors (Lipinski definition) is 4. The number of allylic oxidation sites excluding steroid dienone is 1. The third kappa shape index (κ3) is 7.33. The van der Waals surface area contributed by atoms with Crippen LogP contribution in [-0.2, 0) is 17.8 Å². The minimum Gasteiger partial charge on any atom is -0.490 e. The highest BCUT2D eigenvalue weighted by Gasteiger charge is 2.15. The maximum Gasteiger partial charge on any atom is 0.266 e. The predicted molar refractivity (Wildman–Crippen MR) is 143 cm³/mol. The Morgan fingerprint density at radius 3 is 2.46 bits per heavy atom. The van der Waals surface area contributed by atoms with Crippen molar-refractivity contribution >= 4 is 33.6 Å². The largest absolute Gasteiger partial charge is 0.490 e. The third-order valence-corrected chi connectivity index (χ3v) is 5.63. The number of anilines is 1. The molecule has 0 saturated carbocycles. The van der Waals surface area contributed by atoms with Crippen molar-refractivity contribution in [3.05, 3.63) is 106 Å². The lowest BCUT2D eigenvalue weighted by atomic mass is 10.0. The lowest BCUT2D eigenvalue weighted by molar-refractivity contribution is -0.112. The summed E-state index contributed by atoms with van der Waals surface area (Å²) in [7, 11) is 0. The van der Waals surface area contributed by atoms with Crippen LogP contribution in [-0.4, -0.2) is 12.5 Å². The van der Waals surface area contributed by atoms with Crippen LogP contribution in [0.15, 0.2) is 83.4 Å². The van der Waals surface area contributed by atoms with Crippen LogP contribution in [0.1, 0.15) is 29.2 Å². The summed E-state index contributed by atoms with van der Waals surface area (Å²) in [5, 5.41) is 12.4. The number of halogens is 1. The summed E-state index contributed by atoms with van der Waals surface area (Å²) in [6, 6.07) is 21.0. The van der Waals surface area contributed by atoms with Gasteiger partial charge in [-0.1, -0.05) is 51.8 Å². The average Bonchev–Trinajstić information content (AvgIpc) is 2.85. The number of hydrogen-bond donors (Lipinski definition) is 1.